The zero-order chi connectivity index (χ0) is 11.4. The highest BCUT2D eigenvalue weighted by molar-refractivity contribution is 4.80. The molecule has 14 heavy (non-hydrogen) atoms. The maximum absolute atomic E-state index is 9.94. The third-order valence-electron chi connectivity index (χ3n) is 2.65. The summed E-state index contributed by atoms with van der Waals surface area (Å²) in [5.41, 5.74) is -0.780. The van der Waals surface area contributed by atoms with E-state index in [0.717, 1.165) is 0 Å². The van der Waals surface area contributed by atoms with Gasteiger partial charge in [0.25, 0.3) is 0 Å². The zero-order valence-corrected chi connectivity index (χ0v) is 10.0. The monoisotopic (exact) mass is 203 g/mol. The van der Waals surface area contributed by atoms with Crippen molar-refractivity contribution in [2.45, 2.75) is 58.8 Å². The van der Waals surface area contributed by atoms with Gasteiger partial charge in [-0.2, -0.15) is 0 Å². The minimum atomic E-state index is -0.780. The fourth-order valence-electron chi connectivity index (χ4n) is 1.16. The Balaban J connectivity index is 3.87. The van der Waals surface area contributed by atoms with Crippen LogP contribution in [0.15, 0.2) is 0 Å². The van der Waals surface area contributed by atoms with E-state index in [1.807, 2.05) is 27.7 Å². The van der Waals surface area contributed by atoms with Crippen LogP contribution < -0.4 is 5.32 Å². The van der Waals surface area contributed by atoms with E-state index in [0.29, 0.717) is 19.0 Å². The zero-order valence-electron chi connectivity index (χ0n) is 10.0. The molecule has 3 nitrogen and oxygen atoms in total. The SMILES string of the molecule is CC(C)NCC(O)CC(C)(O)C(C)C. The molecule has 0 saturated carbocycles. The molecule has 0 rings (SSSR count). The summed E-state index contributed by atoms with van der Waals surface area (Å²) < 4.78 is 0. The summed E-state index contributed by atoms with van der Waals surface area (Å²) in [7, 11) is 0. The minimum absolute atomic E-state index is 0.163. The van der Waals surface area contributed by atoms with Gasteiger partial charge < -0.3 is 15.5 Å². The van der Waals surface area contributed by atoms with E-state index in [-0.39, 0.29) is 5.92 Å². The molecular weight excluding hydrogens is 178 g/mol. The molecule has 0 bridgehead atoms. The molecule has 0 fully saturated rings. The number of aliphatic hydroxyl groups is 2. The lowest BCUT2D eigenvalue weighted by Crippen LogP contribution is -2.40. The number of hydrogen-bond acceptors (Lipinski definition) is 3. The van der Waals surface area contributed by atoms with E-state index in [1.54, 1.807) is 6.92 Å². The van der Waals surface area contributed by atoms with Gasteiger partial charge in [0.15, 0.2) is 0 Å². The van der Waals surface area contributed by atoms with E-state index in [4.69, 9.17) is 0 Å². The maximum Gasteiger partial charge on any atom is 0.0692 e. The third kappa shape index (κ3) is 5.58. The van der Waals surface area contributed by atoms with Gasteiger partial charge in [0, 0.05) is 19.0 Å². The predicted octanol–water partition coefficient (Wildman–Crippen LogP) is 1.14. The summed E-state index contributed by atoms with van der Waals surface area (Å²) in [4.78, 5) is 0. The average Bonchev–Trinajstić information content (AvgIpc) is 1.99. The second kappa shape index (κ2) is 5.69. The van der Waals surface area contributed by atoms with E-state index in [1.165, 1.54) is 0 Å². The van der Waals surface area contributed by atoms with Crippen molar-refractivity contribution in [2.75, 3.05) is 6.54 Å². The Hall–Kier alpha value is -0.120. The summed E-state index contributed by atoms with van der Waals surface area (Å²) in [5, 5.41) is 22.7. The van der Waals surface area contributed by atoms with Gasteiger partial charge in [0.05, 0.1) is 11.7 Å². The van der Waals surface area contributed by atoms with Gasteiger partial charge in [0.1, 0.15) is 0 Å². The highest BCUT2D eigenvalue weighted by Gasteiger charge is 2.27. The van der Waals surface area contributed by atoms with Gasteiger partial charge in [-0.25, -0.2) is 0 Å². The Labute approximate surface area is 87.5 Å². The highest BCUT2D eigenvalue weighted by atomic mass is 16.3. The van der Waals surface area contributed by atoms with Crippen molar-refractivity contribution in [3.63, 3.8) is 0 Å². The van der Waals surface area contributed by atoms with E-state index >= 15 is 0 Å². The number of hydrogen-bond donors (Lipinski definition) is 3. The molecule has 0 saturated heterocycles. The van der Waals surface area contributed by atoms with Crippen LogP contribution in [0.5, 0.6) is 0 Å². The first-order valence-corrected chi connectivity index (χ1v) is 5.39. The lowest BCUT2D eigenvalue weighted by Gasteiger charge is -2.30. The Morgan fingerprint density at radius 2 is 1.71 bits per heavy atom. The molecule has 2 unspecified atom stereocenters. The van der Waals surface area contributed by atoms with Gasteiger partial charge in [-0.05, 0) is 12.8 Å². The molecule has 0 heterocycles. The van der Waals surface area contributed by atoms with Crippen LogP contribution in [0, 0.1) is 5.92 Å². The Bertz CT molecular complexity index is 155. The normalized spacial score (nSPS) is 18.6. The van der Waals surface area contributed by atoms with Crippen LogP contribution in [0.2, 0.25) is 0 Å². The summed E-state index contributed by atoms with van der Waals surface area (Å²) in [6.45, 7) is 10.3. The van der Waals surface area contributed by atoms with Gasteiger partial charge in [-0.1, -0.05) is 27.7 Å². The lowest BCUT2D eigenvalue weighted by molar-refractivity contribution is -0.0306. The second-order valence-electron chi connectivity index (χ2n) is 4.93. The lowest BCUT2D eigenvalue weighted by atomic mass is 9.87. The van der Waals surface area contributed by atoms with Gasteiger partial charge in [0.2, 0.25) is 0 Å². The van der Waals surface area contributed by atoms with Crippen molar-refractivity contribution in [2.24, 2.45) is 5.92 Å². The molecule has 2 atom stereocenters. The van der Waals surface area contributed by atoms with Crippen molar-refractivity contribution in [1.82, 2.24) is 5.32 Å². The molecule has 3 heteroatoms. The van der Waals surface area contributed by atoms with Crippen LogP contribution in [-0.4, -0.2) is 34.5 Å². The van der Waals surface area contributed by atoms with Crippen LogP contribution in [0.1, 0.15) is 41.0 Å². The fraction of sp³-hybridized carbons (Fsp3) is 1.00. The van der Waals surface area contributed by atoms with Gasteiger partial charge in [-0.15, -0.1) is 0 Å². The Morgan fingerprint density at radius 3 is 2.07 bits per heavy atom. The second-order valence-corrected chi connectivity index (χ2v) is 4.93. The molecule has 3 N–H and O–H groups in total. The first-order chi connectivity index (χ1) is 6.25. The van der Waals surface area contributed by atoms with Crippen molar-refractivity contribution in [1.29, 1.82) is 0 Å². The molecular formula is C11H25NO2. The number of nitrogens with one attached hydrogen (secondary N) is 1. The molecule has 0 amide bonds. The summed E-state index contributed by atoms with van der Waals surface area (Å²) in [5.74, 6) is 0.163. The summed E-state index contributed by atoms with van der Waals surface area (Å²) >= 11 is 0. The topological polar surface area (TPSA) is 52.5 Å². The third-order valence-corrected chi connectivity index (χ3v) is 2.65. The first-order valence-electron chi connectivity index (χ1n) is 5.39. The van der Waals surface area contributed by atoms with Crippen LogP contribution >= 0.6 is 0 Å². The number of aliphatic hydroxyl groups excluding tert-OH is 1. The molecule has 0 radical (unpaired) electrons. The average molecular weight is 203 g/mol. The smallest absolute Gasteiger partial charge is 0.0692 e. The van der Waals surface area contributed by atoms with Crippen molar-refractivity contribution in [3.05, 3.63) is 0 Å². The summed E-state index contributed by atoms with van der Waals surface area (Å²) in [6.07, 6.45) is -0.0560. The van der Waals surface area contributed by atoms with Crippen molar-refractivity contribution >= 4 is 0 Å². The molecule has 0 aromatic heterocycles. The van der Waals surface area contributed by atoms with Gasteiger partial charge >= 0.3 is 0 Å². The molecule has 0 aromatic rings. The molecule has 0 spiro atoms. The van der Waals surface area contributed by atoms with Crippen LogP contribution in [0.25, 0.3) is 0 Å². The highest BCUT2D eigenvalue weighted by Crippen LogP contribution is 2.21. The molecule has 86 valence electrons. The largest absolute Gasteiger partial charge is 0.392 e. The molecule has 0 aliphatic heterocycles. The number of rotatable bonds is 6. The quantitative estimate of drug-likeness (QED) is 0.607. The standard InChI is InChI=1S/C11H25NO2/c1-8(2)11(5,14)6-10(13)7-12-9(3)4/h8-10,12-14H,6-7H2,1-5H3. The van der Waals surface area contributed by atoms with Crippen LogP contribution in [-0.2, 0) is 0 Å². The van der Waals surface area contributed by atoms with Crippen LogP contribution in [0.3, 0.4) is 0 Å². The predicted molar refractivity (Wildman–Crippen MR) is 59.2 cm³/mol. The van der Waals surface area contributed by atoms with Crippen LogP contribution in [0.4, 0.5) is 0 Å². The minimum Gasteiger partial charge on any atom is -0.392 e. The van der Waals surface area contributed by atoms with Crippen molar-refractivity contribution < 1.29 is 10.2 Å². The fourth-order valence-corrected chi connectivity index (χ4v) is 1.16. The Morgan fingerprint density at radius 1 is 1.21 bits per heavy atom. The molecule has 0 aliphatic rings. The molecule has 0 aromatic carbocycles. The van der Waals surface area contributed by atoms with E-state index in [9.17, 15) is 10.2 Å². The first kappa shape index (κ1) is 13.9. The Kier molecular flexibility index (Phi) is 5.64. The maximum atomic E-state index is 9.94. The summed E-state index contributed by atoms with van der Waals surface area (Å²) in [6, 6.07) is 0.369. The van der Waals surface area contributed by atoms with Crippen molar-refractivity contribution in [3.8, 4) is 0 Å². The van der Waals surface area contributed by atoms with E-state index < -0.39 is 11.7 Å². The van der Waals surface area contributed by atoms with E-state index in [2.05, 4.69) is 5.32 Å². The molecule has 0 aliphatic carbocycles. The van der Waals surface area contributed by atoms with Gasteiger partial charge in [-0.3, -0.25) is 0 Å².